The number of hydrogen-bond donors (Lipinski definition) is 1. The summed E-state index contributed by atoms with van der Waals surface area (Å²) in [5, 5.41) is -0.270. The number of imidazole rings is 1. The van der Waals surface area contributed by atoms with Gasteiger partial charge in [-0.1, -0.05) is 6.07 Å². The van der Waals surface area contributed by atoms with Gasteiger partial charge in [-0.05, 0) is 12.1 Å². The van der Waals surface area contributed by atoms with Crippen LogP contribution in [0.4, 0.5) is 0 Å². The highest BCUT2D eigenvalue weighted by Gasteiger charge is 2.21. The number of nitrogens with zero attached hydrogens (tertiary/aromatic N) is 2. The van der Waals surface area contributed by atoms with Crippen molar-refractivity contribution in [3.05, 3.63) is 30.1 Å². The molecule has 0 atom stereocenters. The molecule has 2 rings (SSSR count). The van der Waals surface area contributed by atoms with Gasteiger partial charge < -0.3 is 0 Å². The minimum absolute atomic E-state index is 0.0726. The zero-order valence-electron chi connectivity index (χ0n) is 7.46. The molecule has 15 heavy (non-hydrogen) atoms. The number of fused-ring (bicyclic) bond motifs is 1. The van der Waals surface area contributed by atoms with Crippen molar-refractivity contribution in [2.24, 2.45) is 0 Å². The van der Waals surface area contributed by atoms with Crippen molar-refractivity contribution in [1.29, 1.82) is 0 Å². The molecule has 5 nitrogen and oxygen atoms in total. The maximum absolute atomic E-state index is 11.1. The molecule has 2 aromatic rings. The van der Waals surface area contributed by atoms with E-state index in [4.69, 9.17) is 16.2 Å². The van der Waals surface area contributed by atoms with Crippen LogP contribution in [0.5, 0.6) is 0 Å². The van der Waals surface area contributed by atoms with Crippen LogP contribution >= 0.6 is 11.6 Å². The lowest BCUT2D eigenvalue weighted by molar-refractivity contribution is 0.477. The van der Waals surface area contributed by atoms with E-state index in [-0.39, 0.29) is 16.6 Å². The smallest absolute Gasteiger partial charge is 0.288 e. The Balaban J connectivity index is 2.91. The molecule has 0 aromatic carbocycles. The quantitative estimate of drug-likeness (QED) is 0.641. The van der Waals surface area contributed by atoms with Crippen LogP contribution in [0, 0.1) is 0 Å². The van der Waals surface area contributed by atoms with E-state index in [1.54, 1.807) is 18.2 Å². The van der Waals surface area contributed by atoms with Crippen LogP contribution in [-0.4, -0.2) is 22.4 Å². The number of pyridine rings is 1. The summed E-state index contributed by atoms with van der Waals surface area (Å²) < 4.78 is 32.6. The molecule has 2 heterocycles. The first kappa shape index (κ1) is 10.4. The third kappa shape index (κ3) is 1.71. The minimum Gasteiger partial charge on any atom is -0.288 e. The highest BCUT2D eigenvalue weighted by Crippen LogP contribution is 2.19. The summed E-state index contributed by atoms with van der Waals surface area (Å²) >= 11 is 5.56. The van der Waals surface area contributed by atoms with Crippen LogP contribution in [0.2, 0.25) is 0 Å². The predicted molar refractivity (Wildman–Crippen MR) is 54.6 cm³/mol. The van der Waals surface area contributed by atoms with Gasteiger partial charge in [0.25, 0.3) is 0 Å². The molecule has 2 aromatic heterocycles. The second kappa shape index (κ2) is 3.48. The highest BCUT2D eigenvalue weighted by molar-refractivity contribution is 7.85. The normalized spacial score (nSPS) is 12.1. The molecule has 0 saturated heterocycles. The van der Waals surface area contributed by atoms with Crippen molar-refractivity contribution in [3.8, 4) is 0 Å². The summed E-state index contributed by atoms with van der Waals surface area (Å²) in [5.74, 6) is -0.0726. The third-order valence-corrected chi connectivity index (χ3v) is 3.10. The average molecular weight is 247 g/mol. The molecule has 0 bridgehead atoms. The molecule has 0 saturated carbocycles. The Bertz CT molecular complexity index is 605. The molecule has 0 aliphatic heterocycles. The predicted octanol–water partition coefficient (Wildman–Crippen LogP) is 1.32. The SMILES string of the molecule is O=S(=O)(O)c1c(CCl)nc2ccccn12. The lowest BCUT2D eigenvalue weighted by Crippen LogP contribution is -2.04. The minimum atomic E-state index is -4.31. The van der Waals surface area contributed by atoms with E-state index in [2.05, 4.69) is 4.98 Å². The zero-order chi connectivity index (χ0) is 11.1. The summed E-state index contributed by atoms with van der Waals surface area (Å²) in [6.07, 6.45) is 1.50. The van der Waals surface area contributed by atoms with Crippen molar-refractivity contribution in [1.82, 2.24) is 9.38 Å². The maximum Gasteiger partial charge on any atom is 0.312 e. The molecule has 0 spiro atoms. The van der Waals surface area contributed by atoms with Gasteiger partial charge in [0.05, 0.1) is 11.6 Å². The summed E-state index contributed by atoms with van der Waals surface area (Å²) in [6, 6.07) is 4.99. The Hall–Kier alpha value is -1.11. The average Bonchev–Trinajstić information content (AvgIpc) is 2.54. The van der Waals surface area contributed by atoms with Gasteiger partial charge in [-0.25, -0.2) is 4.98 Å². The van der Waals surface area contributed by atoms with Crippen LogP contribution in [0.1, 0.15) is 5.69 Å². The maximum atomic E-state index is 11.1. The largest absolute Gasteiger partial charge is 0.312 e. The molecule has 7 heteroatoms. The van der Waals surface area contributed by atoms with E-state index in [1.807, 2.05) is 0 Å². The molecule has 1 N–H and O–H groups in total. The van der Waals surface area contributed by atoms with Crippen LogP contribution in [0.15, 0.2) is 29.4 Å². The van der Waals surface area contributed by atoms with Crippen molar-refractivity contribution >= 4 is 27.4 Å². The van der Waals surface area contributed by atoms with E-state index in [1.165, 1.54) is 10.6 Å². The monoisotopic (exact) mass is 246 g/mol. The van der Waals surface area contributed by atoms with Crippen molar-refractivity contribution in [3.63, 3.8) is 0 Å². The summed E-state index contributed by atoms with van der Waals surface area (Å²) in [7, 11) is -4.31. The number of hydrogen-bond acceptors (Lipinski definition) is 3. The highest BCUT2D eigenvalue weighted by atomic mass is 35.5. The molecule has 80 valence electrons. The number of aromatic nitrogens is 2. The van der Waals surface area contributed by atoms with Crippen LogP contribution in [-0.2, 0) is 16.0 Å². The van der Waals surface area contributed by atoms with Crippen molar-refractivity contribution in [2.45, 2.75) is 10.9 Å². The fourth-order valence-corrected chi connectivity index (χ4v) is 2.47. The van der Waals surface area contributed by atoms with Gasteiger partial charge in [0.2, 0.25) is 0 Å². The zero-order valence-corrected chi connectivity index (χ0v) is 9.03. The molecule has 0 radical (unpaired) electrons. The third-order valence-electron chi connectivity index (χ3n) is 1.92. The van der Waals surface area contributed by atoms with E-state index in [0.29, 0.717) is 5.65 Å². The van der Waals surface area contributed by atoms with Gasteiger partial charge in [-0.2, -0.15) is 8.42 Å². The van der Waals surface area contributed by atoms with E-state index in [9.17, 15) is 8.42 Å². The van der Waals surface area contributed by atoms with Gasteiger partial charge in [-0.3, -0.25) is 8.95 Å². The fraction of sp³-hybridized carbons (Fsp3) is 0.125. The molecule has 0 fully saturated rings. The van der Waals surface area contributed by atoms with Gasteiger partial charge in [0.1, 0.15) is 5.65 Å². The first-order chi connectivity index (χ1) is 7.04. The molecule has 0 unspecified atom stereocenters. The van der Waals surface area contributed by atoms with Gasteiger partial charge in [0.15, 0.2) is 5.03 Å². The van der Waals surface area contributed by atoms with Crippen LogP contribution in [0.25, 0.3) is 5.65 Å². The Morgan fingerprint density at radius 1 is 1.47 bits per heavy atom. The Morgan fingerprint density at radius 3 is 2.80 bits per heavy atom. The van der Waals surface area contributed by atoms with Gasteiger partial charge in [-0.15, -0.1) is 11.6 Å². The lowest BCUT2D eigenvalue weighted by Gasteiger charge is -1.98. The van der Waals surface area contributed by atoms with Crippen LogP contribution < -0.4 is 0 Å². The summed E-state index contributed by atoms with van der Waals surface area (Å²) in [4.78, 5) is 3.99. The topological polar surface area (TPSA) is 71.7 Å². The van der Waals surface area contributed by atoms with Crippen molar-refractivity contribution < 1.29 is 13.0 Å². The fourth-order valence-electron chi connectivity index (χ4n) is 1.38. The Labute approximate surface area is 91.1 Å². The lowest BCUT2D eigenvalue weighted by atomic mass is 10.5. The molecule has 0 amide bonds. The Morgan fingerprint density at radius 2 is 2.20 bits per heavy atom. The summed E-state index contributed by atoms with van der Waals surface area (Å²) in [6.45, 7) is 0. The van der Waals surface area contributed by atoms with E-state index in [0.717, 1.165) is 0 Å². The molecular weight excluding hydrogens is 240 g/mol. The number of halogens is 1. The van der Waals surface area contributed by atoms with Gasteiger partial charge in [0, 0.05) is 6.20 Å². The van der Waals surface area contributed by atoms with E-state index >= 15 is 0 Å². The molecule has 0 aliphatic rings. The van der Waals surface area contributed by atoms with E-state index < -0.39 is 10.1 Å². The Kier molecular flexibility index (Phi) is 2.41. The number of alkyl halides is 1. The first-order valence-corrected chi connectivity index (χ1v) is 6.01. The summed E-state index contributed by atoms with van der Waals surface area (Å²) in [5.41, 5.74) is 0.575. The second-order valence-corrected chi connectivity index (χ2v) is 4.51. The molecular formula is C8H7ClN2O3S. The molecule has 0 aliphatic carbocycles. The van der Waals surface area contributed by atoms with Crippen molar-refractivity contribution in [2.75, 3.05) is 0 Å². The van der Waals surface area contributed by atoms with Crippen LogP contribution in [0.3, 0.4) is 0 Å². The standard InChI is InChI=1S/C8H7ClN2O3S/c9-5-6-8(15(12,13)14)11-4-2-1-3-7(11)10-6/h1-4H,5H2,(H,12,13,14). The van der Waals surface area contributed by atoms with Gasteiger partial charge >= 0.3 is 10.1 Å². The number of rotatable bonds is 2. The first-order valence-electron chi connectivity index (χ1n) is 4.03. The second-order valence-electron chi connectivity index (χ2n) is 2.90.